The van der Waals surface area contributed by atoms with Gasteiger partial charge in [-0.25, -0.2) is 0 Å². The summed E-state index contributed by atoms with van der Waals surface area (Å²) in [6.45, 7) is -0.726. The molecular weight excluding hydrogens is 259 g/mol. The average Bonchev–Trinajstić information content (AvgIpc) is 2.15. The fraction of sp³-hybridized carbons (Fsp3) is 0.222. The molecule has 0 atom stereocenters. The number of aliphatic hydroxyl groups is 1. The molecule has 0 aliphatic heterocycles. The van der Waals surface area contributed by atoms with Crippen molar-refractivity contribution < 1.29 is 38.6 Å². The third-order valence-corrected chi connectivity index (χ3v) is 2.03. The van der Waals surface area contributed by atoms with Gasteiger partial charge in [0, 0.05) is 10.0 Å². The van der Waals surface area contributed by atoms with Gasteiger partial charge in [-0.3, -0.25) is 0 Å². The van der Waals surface area contributed by atoms with E-state index in [1.165, 1.54) is 0 Å². The first kappa shape index (κ1) is 14.5. The van der Waals surface area contributed by atoms with Crippen LogP contribution in [0.5, 0.6) is 5.75 Å². The summed E-state index contributed by atoms with van der Waals surface area (Å²) in [5.41, 5.74) is 0.528. The summed E-state index contributed by atoms with van der Waals surface area (Å²) in [7, 11) is 0. The number of rotatable bonds is 4. The van der Waals surface area contributed by atoms with Gasteiger partial charge in [0.15, 0.2) is 0 Å². The molecule has 0 unspecified atom stereocenters. The number of aliphatic carboxylic acids is 1. The molecule has 76 valence electrons. The minimum Gasteiger partial charge on any atom is -0.546 e. The number of carboxylic acids is 1. The molecule has 1 N–H and O–H groups in total. The number of hydrogen-bond donors (Lipinski definition) is 1. The maximum Gasteiger partial charge on any atom is 1.00 e. The molecule has 4 nitrogen and oxygen atoms in total. The van der Waals surface area contributed by atoms with Crippen LogP contribution in [-0.2, 0) is 11.4 Å². The van der Waals surface area contributed by atoms with Gasteiger partial charge in [0.25, 0.3) is 0 Å². The normalized spacial score (nSPS) is 9.20. The molecule has 1 rings (SSSR count). The first-order valence-corrected chi connectivity index (χ1v) is 4.64. The zero-order valence-corrected chi connectivity index (χ0v) is 9.78. The van der Waals surface area contributed by atoms with E-state index in [2.05, 4.69) is 15.9 Å². The van der Waals surface area contributed by atoms with Crippen LogP contribution in [0.4, 0.5) is 0 Å². The number of benzene rings is 1. The van der Waals surface area contributed by atoms with Gasteiger partial charge in [-0.15, -0.1) is 0 Å². The number of carbonyl (C=O) groups excluding carboxylic acids is 1. The molecule has 0 fully saturated rings. The van der Waals surface area contributed by atoms with Crippen LogP contribution in [0.2, 0.25) is 0 Å². The van der Waals surface area contributed by atoms with Gasteiger partial charge >= 0.3 is 18.9 Å². The number of carboxylic acid groups (broad SMARTS) is 1. The van der Waals surface area contributed by atoms with Gasteiger partial charge in [0.2, 0.25) is 0 Å². The summed E-state index contributed by atoms with van der Waals surface area (Å²) < 4.78 is 5.70. The molecule has 0 spiro atoms. The van der Waals surface area contributed by atoms with Gasteiger partial charge < -0.3 is 19.7 Å². The summed E-state index contributed by atoms with van der Waals surface area (Å²) >= 11 is 3.22. The number of hydrogen-bond acceptors (Lipinski definition) is 4. The van der Waals surface area contributed by atoms with E-state index >= 15 is 0 Å². The number of aliphatic hydroxyl groups excluding tert-OH is 1. The Morgan fingerprint density at radius 2 is 2.20 bits per heavy atom. The van der Waals surface area contributed by atoms with E-state index in [0.717, 1.165) is 4.47 Å². The Morgan fingerprint density at radius 3 is 2.73 bits per heavy atom. The predicted molar refractivity (Wildman–Crippen MR) is 50.6 cm³/mol. The molecule has 0 saturated heterocycles. The fourth-order valence-electron chi connectivity index (χ4n) is 0.949. The quantitative estimate of drug-likeness (QED) is 0.593. The minimum atomic E-state index is -1.29. The van der Waals surface area contributed by atoms with Gasteiger partial charge in [-0.2, -0.15) is 0 Å². The maximum absolute atomic E-state index is 10.1. The third kappa shape index (κ3) is 4.71. The Hall–Kier alpha value is -0.473. The third-order valence-electron chi connectivity index (χ3n) is 1.54. The first-order chi connectivity index (χ1) is 6.63. The van der Waals surface area contributed by atoms with Crippen molar-refractivity contribution in [3.63, 3.8) is 0 Å². The van der Waals surface area contributed by atoms with Crippen LogP contribution < -0.4 is 28.7 Å². The van der Waals surface area contributed by atoms with Crippen LogP contribution in [0, 0.1) is 0 Å². The molecule has 0 heterocycles. The smallest absolute Gasteiger partial charge is 0.546 e. The van der Waals surface area contributed by atoms with Crippen molar-refractivity contribution in [1.82, 2.24) is 0 Å². The van der Waals surface area contributed by atoms with Crippen LogP contribution in [0.25, 0.3) is 0 Å². The largest absolute Gasteiger partial charge is 1.00 e. The summed E-state index contributed by atoms with van der Waals surface area (Å²) in [5, 5.41) is 19.1. The maximum atomic E-state index is 10.1. The van der Waals surface area contributed by atoms with E-state index in [1.54, 1.807) is 18.2 Å². The topological polar surface area (TPSA) is 69.6 Å². The van der Waals surface area contributed by atoms with Crippen LogP contribution >= 0.6 is 15.9 Å². The van der Waals surface area contributed by atoms with E-state index < -0.39 is 12.6 Å². The Bertz CT molecular complexity index is 343. The first-order valence-electron chi connectivity index (χ1n) is 3.85. The van der Waals surface area contributed by atoms with E-state index in [4.69, 9.17) is 9.84 Å². The SMILES string of the molecule is O=C([O-])COc1ccc(Br)cc1CO.[Li+]. The second-order valence-corrected chi connectivity index (χ2v) is 3.49. The van der Waals surface area contributed by atoms with Gasteiger partial charge in [0.05, 0.1) is 12.6 Å². The molecule has 6 heteroatoms. The van der Waals surface area contributed by atoms with Gasteiger partial charge in [0.1, 0.15) is 12.4 Å². The monoisotopic (exact) mass is 266 g/mol. The van der Waals surface area contributed by atoms with Crippen molar-refractivity contribution in [2.45, 2.75) is 6.61 Å². The number of carbonyl (C=O) groups is 1. The molecule has 0 saturated carbocycles. The second-order valence-electron chi connectivity index (χ2n) is 2.57. The van der Waals surface area contributed by atoms with E-state index in [9.17, 15) is 9.90 Å². The zero-order valence-electron chi connectivity index (χ0n) is 8.20. The van der Waals surface area contributed by atoms with Crippen molar-refractivity contribution in [2.24, 2.45) is 0 Å². The minimum absolute atomic E-state index is 0. The Balaban J connectivity index is 0.00000196. The molecular formula is C9H8BrLiO4. The number of halogens is 1. The van der Waals surface area contributed by atoms with Crippen molar-refractivity contribution in [1.29, 1.82) is 0 Å². The summed E-state index contributed by atoms with van der Waals surface area (Å²) in [6.07, 6.45) is 0. The molecule has 0 aliphatic carbocycles. The summed E-state index contributed by atoms with van der Waals surface area (Å²) in [5.74, 6) is -0.947. The standard InChI is InChI=1S/C9H9BrO4.Li/c10-7-1-2-8(6(3-7)4-11)14-5-9(12)13;/h1-3,11H,4-5H2,(H,12,13);/q;+1/p-1. The van der Waals surface area contributed by atoms with Crippen molar-refractivity contribution in [3.8, 4) is 5.75 Å². The van der Waals surface area contributed by atoms with E-state index in [-0.39, 0.29) is 25.5 Å². The van der Waals surface area contributed by atoms with Crippen molar-refractivity contribution in [3.05, 3.63) is 28.2 Å². The van der Waals surface area contributed by atoms with Gasteiger partial charge in [-0.05, 0) is 18.2 Å². The van der Waals surface area contributed by atoms with Crippen LogP contribution in [0.3, 0.4) is 0 Å². The molecule has 0 bridgehead atoms. The Morgan fingerprint density at radius 1 is 1.53 bits per heavy atom. The molecule has 1 aromatic rings. The molecule has 0 aliphatic rings. The fourth-order valence-corrected chi connectivity index (χ4v) is 1.36. The Labute approximate surface area is 108 Å². The zero-order chi connectivity index (χ0) is 10.6. The van der Waals surface area contributed by atoms with Gasteiger partial charge in [-0.1, -0.05) is 15.9 Å². The second kappa shape index (κ2) is 6.91. The summed E-state index contributed by atoms with van der Waals surface area (Å²) in [6, 6.07) is 4.94. The van der Waals surface area contributed by atoms with E-state index in [0.29, 0.717) is 11.3 Å². The van der Waals surface area contributed by atoms with Crippen molar-refractivity contribution >= 4 is 21.9 Å². The van der Waals surface area contributed by atoms with Crippen LogP contribution in [0.15, 0.2) is 22.7 Å². The van der Waals surface area contributed by atoms with Crippen molar-refractivity contribution in [2.75, 3.05) is 6.61 Å². The Kier molecular flexibility index (Phi) is 6.69. The predicted octanol–water partition coefficient (Wildman–Crippen LogP) is -2.93. The molecule has 0 radical (unpaired) electrons. The average molecular weight is 267 g/mol. The summed E-state index contributed by atoms with van der Waals surface area (Å²) in [4.78, 5) is 10.1. The molecule has 15 heavy (non-hydrogen) atoms. The molecule has 1 aromatic carbocycles. The molecule has 0 aromatic heterocycles. The van der Waals surface area contributed by atoms with E-state index in [1.807, 2.05) is 0 Å². The van der Waals surface area contributed by atoms with Crippen LogP contribution in [-0.4, -0.2) is 17.7 Å². The van der Waals surface area contributed by atoms with Crippen LogP contribution in [0.1, 0.15) is 5.56 Å². The number of ether oxygens (including phenoxy) is 1. The molecule has 0 amide bonds.